The fraction of sp³-hybridized carbons (Fsp3) is 0.476. The summed E-state index contributed by atoms with van der Waals surface area (Å²) < 4.78 is 0. The van der Waals surface area contributed by atoms with Crippen molar-refractivity contribution in [3.8, 4) is 0 Å². The van der Waals surface area contributed by atoms with Crippen LogP contribution < -0.4 is 15.5 Å². The summed E-state index contributed by atoms with van der Waals surface area (Å²) in [4.78, 5) is 26.8. The van der Waals surface area contributed by atoms with Crippen LogP contribution in [0.3, 0.4) is 0 Å². The van der Waals surface area contributed by atoms with Crippen LogP contribution in [0.15, 0.2) is 35.5 Å². The van der Waals surface area contributed by atoms with Gasteiger partial charge < -0.3 is 20.4 Å². The lowest BCUT2D eigenvalue weighted by Crippen LogP contribution is -2.49. The van der Waals surface area contributed by atoms with Gasteiger partial charge in [0.05, 0.1) is 5.01 Å². The molecule has 7 nitrogen and oxygen atoms in total. The SMILES string of the molecule is CCNC(=NCC(=O)N1CCN(c2ccc(Cl)cc2)CC1)NCCc1ncc(C)s1.I. The van der Waals surface area contributed by atoms with E-state index in [2.05, 4.69) is 32.4 Å². The van der Waals surface area contributed by atoms with Gasteiger partial charge in [-0.1, -0.05) is 11.6 Å². The van der Waals surface area contributed by atoms with Gasteiger partial charge in [0.25, 0.3) is 0 Å². The van der Waals surface area contributed by atoms with E-state index in [4.69, 9.17) is 11.6 Å². The van der Waals surface area contributed by atoms with Crippen LogP contribution in [0.1, 0.15) is 16.8 Å². The fourth-order valence-electron chi connectivity index (χ4n) is 3.26. The van der Waals surface area contributed by atoms with Crippen molar-refractivity contribution in [3.05, 3.63) is 45.4 Å². The van der Waals surface area contributed by atoms with E-state index in [9.17, 15) is 4.79 Å². The van der Waals surface area contributed by atoms with Crippen LogP contribution in [-0.4, -0.2) is 67.6 Å². The standard InChI is InChI=1S/C21H29ClN6OS.HI/c1-3-23-21(24-9-8-19-25-14-16(2)30-19)26-15-20(29)28-12-10-27(11-13-28)18-6-4-17(22)5-7-18;/h4-7,14H,3,8-13,15H2,1-2H3,(H2,23,24,26);1H. The van der Waals surface area contributed by atoms with Crippen molar-refractivity contribution in [2.75, 3.05) is 50.7 Å². The Kier molecular flexibility index (Phi) is 10.8. The van der Waals surface area contributed by atoms with Gasteiger partial charge in [-0.15, -0.1) is 35.3 Å². The van der Waals surface area contributed by atoms with Gasteiger partial charge in [0.15, 0.2) is 5.96 Å². The molecule has 2 aromatic rings. The summed E-state index contributed by atoms with van der Waals surface area (Å²) in [6.07, 6.45) is 2.73. The molecule has 2 heterocycles. The number of aromatic nitrogens is 1. The van der Waals surface area contributed by atoms with Gasteiger partial charge in [0, 0.05) is 67.5 Å². The Hall–Kier alpha value is -1.59. The smallest absolute Gasteiger partial charge is 0.244 e. The molecule has 1 fully saturated rings. The first-order valence-electron chi connectivity index (χ1n) is 10.3. The molecule has 1 aliphatic rings. The number of rotatable bonds is 7. The minimum absolute atomic E-state index is 0. The maximum Gasteiger partial charge on any atom is 0.244 e. The number of hydrogen-bond acceptors (Lipinski definition) is 5. The van der Waals surface area contributed by atoms with Crippen molar-refractivity contribution in [1.29, 1.82) is 0 Å². The maximum atomic E-state index is 12.6. The second-order valence-electron chi connectivity index (χ2n) is 7.08. The number of piperazine rings is 1. The Labute approximate surface area is 210 Å². The molecular weight excluding hydrogens is 547 g/mol. The van der Waals surface area contributed by atoms with Crippen LogP contribution in [0.4, 0.5) is 5.69 Å². The number of amides is 1. The molecule has 1 aromatic heterocycles. The van der Waals surface area contributed by atoms with Crippen LogP contribution in [0.2, 0.25) is 5.02 Å². The highest BCUT2D eigenvalue weighted by atomic mass is 127. The highest BCUT2D eigenvalue weighted by Gasteiger charge is 2.21. The summed E-state index contributed by atoms with van der Waals surface area (Å²) in [5.74, 6) is 0.720. The largest absolute Gasteiger partial charge is 0.368 e. The van der Waals surface area contributed by atoms with Crippen LogP contribution in [0.5, 0.6) is 0 Å². The molecule has 0 aliphatic carbocycles. The van der Waals surface area contributed by atoms with E-state index in [0.29, 0.717) is 19.0 Å². The molecule has 1 aliphatic heterocycles. The quantitative estimate of drug-likeness (QED) is 0.301. The Morgan fingerprint density at radius 1 is 1.19 bits per heavy atom. The van der Waals surface area contributed by atoms with E-state index < -0.39 is 0 Å². The second kappa shape index (κ2) is 13.1. The Bertz CT molecular complexity index is 852. The third-order valence-electron chi connectivity index (χ3n) is 4.84. The second-order valence-corrected chi connectivity index (χ2v) is 8.84. The maximum absolute atomic E-state index is 12.6. The molecule has 1 aromatic carbocycles. The number of halogens is 2. The lowest BCUT2D eigenvalue weighted by Gasteiger charge is -2.36. The minimum atomic E-state index is 0. The predicted molar refractivity (Wildman–Crippen MR) is 140 cm³/mol. The molecule has 0 radical (unpaired) electrons. The molecule has 3 rings (SSSR count). The average Bonchev–Trinajstić information content (AvgIpc) is 3.17. The topological polar surface area (TPSA) is 72.9 Å². The van der Waals surface area contributed by atoms with Gasteiger partial charge in [0.1, 0.15) is 6.54 Å². The van der Waals surface area contributed by atoms with Crippen LogP contribution >= 0.6 is 46.9 Å². The number of carbonyl (C=O) groups excluding carboxylic acids is 1. The van der Waals surface area contributed by atoms with Crippen molar-refractivity contribution in [2.45, 2.75) is 20.3 Å². The first-order chi connectivity index (χ1) is 14.5. The molecule has 0 spiro atoms. The highest BCUT2D eigenvalue weighted by Crippen LogP contribution is 2.19. The average molecular weight is 577 g/mol. The molecular formula is C21H30ClIN6OS. The number of hydrogen-bond donors (Lipinski definition) is 2. The molecule has 170 valence electrons. The molecule has 1 amide bonds. The van der Waals surface area contributed by atoms with E-state index in [1.807, 2.05) is 42.3 Å². The molecule has 2 N–H and O–H groups in total. The van der Waals surface area contributed by atoms with Crippen LogP contribution in [0.25, 0.3) is 0 Å². The van der Waals surface area contributed by atoms with Gasteiger partial charge in [-0.05, 0) is 38.1 Å². The van der Waals surface area contributed by atoms with Crippen molar-refractivity contribution >= 4 is 64.5 Å². The van der Waals surface area contributed by atoms with Crippen molar-refractivity contribution in [3.63, 3.8) is 0 Å². The van der Waals surface area contributed by atoms with Gasteiger partial charge in [-0.3, -0.25) is 4.79 Å². The van der Waals surface area contributed by atoms with Crippen molar-refractivity contribution < 1.29 is 4.79 Å². The van der Waals surface area contributed by atoms with Crippen molar-refractivity contribution in [1.82, 2.24) is 20.5 Å². The first-order valence-corrected chi connectivity index (χ1v) is 11.5. The molecule has 0 saturated carbocycles. The fourth-order valence-corrected chi connectivity index (χ4v) is 4.17. The predicted octanol–water partition coefficient (Wildman–Crippen LogP) is 3.17. The van der Waals surface area contributed by atoms with Gasteiger partial charge in [0.2, 0.25) is 5.91 Å². The van der Waals surface area contributed by atoms with Crippen LogP contribution in [0, 0.1) is 6.92 Å². The molecule has 0 unspecified atom stereocenters. The highest BCUT2D eigenvalue weighted by molar-refractivity contribution is 14.0. The number of aliphatic imine (C=N–C) groups is 1. The Morgan fingerprint density at radius 2 is 1.90 bits per heavy atom. The normalized spacial score (nSPS) is 14.2. The summed E-state index contributed by atoms with van der Waals surface area (Å²) in [6, 6.07) is 7.83. The number of nitrogens with one attached hydrogen (secondary N) is 2. The number of aryl methyl sites for hydroxylation is 1. The van der Waals surface area contributed by atoms with Crippen molar-refractivity contribution in [2.24, 2.45) is 4.99 Å². The third-order valence-corrected chi connectivity index (χ3v) is 6.07. The van der Waals surface area contributed by atoms with E-state index in [1.165, 1.54) is 4.88 Å². The summed E-state index contributed by atoms with van der Waals surface area (Å²) in [5, 5.41) is 8.32. The first kappa shape index (κ1) is 25.7. The Morgan fingerprint density at radius 3 is 2.52 bits per heavy atom. The number of benzene rings is 1. The van der Waals surface area contributed by atoms with E-state index in [1.54, 1.807) is 11.3 Å². The Balaban J connectivity index is 0.00000341. The number of anilines is 1. The molecule has 10 heteroatoms. The number of guanidine groups is 1. The van der Waals surface area contributed by atoms with Crippen LogP contribution in [-0.2, 0) is 11.2 Å². The summed E-state index contributed by atoms with van der Waals surface area (Å²) in [5.41, 5.74) is 1.14. The zero-order valence-electron chi connectivity index (χ0n) is 17.9. The lowest BCUT2D eigenvalue weighted by atomic mass is 10.2. The lowest BCUT2D eigenvalue weighted by molar-refractivity contribution is -0.129. The molecule has 1 saturated heterocycles. The van der Waals surface area contributed by atoms with Gasteiger partial charge >= 0.3 is 0 Å². The summed E-state index contributed by atoms with van der Waals surface area (Å²) >= 11 is 7.67. The summed E-state index contributed by atoms with van der Waals surface area (Å²) in [6.45, 7) is 8.70. The zero-order valence-corrected chi connectivity index (χ0v) is 21.8. The number of nitrogens with zero attached hydrogens (tertiary/aromatic N) is 4. The van der Waals surface area contributed by atoms with E-state index in [-0.39, 0.29) is 36.4 Å². The van der Waals surface area contributed by atoms with E-state index in [0.717, 1.165) is 48.3 Å². The van der Waals surface area contributed by atoms with Gasteiger partial charge in [-0.2, -0.15) is 0 Å². The van der Waals surface area contributed by atoms with E-state index >= 15 is 0 Å². The summed E-state index contributed by atoms with van der Waals surface area (Å²) in [7, 11) is 0. The van der Waals surface area contributed by atoms with Gasteiger partial charge in [-0.25, -0.2) is 9.98 Å². The molecule has 31 heavy (non-hydrogen) atoms. The number of thiazole rings is 1. The monoisotopic (exact) mass is 576 g/mol. The molecule has 0 bridgehead atoms. The third kappa shape index (κ3) is 8.12. The zero-order chi connectivity index (χ0) is 21.3. The molecule has 0 atom stereocenters. The number of carbonyl (C=O) groups is 1. The minimum Gasteiger partial charge on any atom is -0.368 e.